The van der Waals surface area contributed by atoms with E-state index in [-0.39, 0.29) is 12.5 Å². The molecular formula is C16H10Cl3N3OS. The first-order valence-corrected chi connectivity index (χ1v) is 8.76. The number of benzene rings is 2. The Morgan fingerprint density at radius 1 is 1.04 bits per heavy atom. The summed E-state index contributed by atoms with van der Waals surface area (Å²) in [7, 11) is 0. The predicted octanol–water partition coefficient (Wildman–Crippen LogP) is 5.10. The highest BCUT2D eigenvalue weighted by Gasteiger charge is 2.18. The molecule has 1 N–H and O–H groups in total. The number of hydrogen-bond acceptors (Lipinski definition) is 4. The SMILES string of the molecule is O=C(NCc1ccc(Cl)cc1Cl)c1snnc1-c1ccc(Cl)cc1. The second-order valence-corrected chi connectivity index (χ2v) is 6.91. The van der Waals surface area contributed by atoms with E-state index in [9.17, 15) is 4.79 Å². The summed E-state index contributed by atoms with van der Waals surface area (Å²) in [4.78, 5) is 12.9. The van der Waals surface area contributed by atoms with Crippen LogP contribution in [0.15, 0.2) is 42.5 Å². The van der Waals surface area contributed by atoms with Crippen molar-refractivity contribution >= 4 is 52.2 Å². The third kappa shape index (κ3) is 3.87. The van der Waals surface area contributed by atoms with Gasteiger partial charge >= 0.3 is 0 Å². The second kappa shape index (κ2) is 7.49. The summed E-state index contributed by atoms with van der Waals surface area (Å²) >= 11 is 18.9. The van der Waals surface area contributed by atoms with Crippen molar-refractivity contribution < 1.29 is 4.79 Å². The summed E-state index contributed by atoms with van der Waals surface area (Å²) in [5.41, 5.74) is 2.08. The van der Waals surface area contributed by atoms with Crippen molar-refractivity contribution in [3.8, 4) is 11.3 Å². The molecule has 0 saturated carbocycles. The van der Waals surface area contributed by atoms with Crippen LogP contribution in [0.25, 0.3) is 11.3 Å². The topological polar surface area (TPSA) is 54.9 Å². The first-order valence-electron chi connectivity index (χ1n) is 6.85. The number of nitrogens with one attached hydrogen (secondary N) is 1. The van der Waals surface area contributed by atoms with E-state index >= 15 is 0 Å². The quantitative estimate of drug-likeness (QED) is 0.665. The Labute approximate surface area is 157 Å². The van der Waals surface area contributed by atoms with Gasteiger partial charge < -0.3 is 5.32 Å². The van der Waals surface area contributed by atoms with E-state index in [0.29, 0.717) is 25.6 Å². The Bertz CT molecular complexity index is 881. The van der Waals surface area contributed by atoms with E-state index < -0.39 is 0 Å². The summed E-state index contributed by atoms with van der Waals surface area (Å²) in [6.45, 7) is 0.285. The molecule has 0 aliphatic rings. The van der Waals surface area contributed by atoms with Crippen molar-refractivity contribution in [3.63, 3.8) is 0 Å². The van der Waals surface area contributed by atoms with E-state index in [4.69, 9.17) is 34.8 Å². The minimum absolute atomic E-state index is 0.263. The highest BCUT2D eigenvalue weighted by atomic mass is 35.5. The Morgan fingerprint density at radius 2 is 1.75 bits per heavy atom. The van der Waals surface area contributed by atoms with Gasteiger partial charge in [-0.05, 0) is 41.4 Å². The van der Waals surface area contributed by atoms with Crippen molar-refractivity contribution in [2.24, 2.45) is 0 Å². The van der Waals surface area contributed by atoms with Gasteiger partial charge in [0.15, 0.2) is 0 Å². The molecule has 0 bridgehead atoms. The van der Waals surface area contributed by atoms with Gasteiger partial charge in [0.1, 0.15) is 10.6 Å². The van der Waals surface area contributed by atoms with Gasteiger partial charge in [0.05, 0.1) is 0 Å². The fourth-order valence-corrected chi connectivity index (χ4v) is 3.26. The molecule has 0 atom stereocenters. The minimum Gasteiger partial charge on any atom is -0.347 e. The van der Waals surface area contributed by atoms with Crippen molar-refractivity contribution in [1.82, 2.24) is 14.9 Å². The standard InChI is InChI=1S/C16H10Cl3N3OS/c17-11-4-1-9(2-5-11)14-15(24-22-21-14)16(23)20-8-10-3-6-12(18)7-13(10)19/h1-7H,8H2,(H,20,23). The summed E-state index contributed by atoms with van der Waals surface area (Å²) < 4.78 is 3.88. The fourth-order valence-electron chi connectivity index (χ4n) is 2.06. The van der Waals surface area contributed by atoms with Gasteiger partial charge in [0, 0.05) is 27.2 Å². The van der Waals surface area contributed by atoms with Gasteiger partial charge in [0.25, 0.3) is 5.91 Å². The van der Waals surface area contributed by atoms with Crippen LogP contribution in [0.1, 0.15) is 15.2 Å². The minimum atomic E-state index is -0.263. The number of rotatable bonds is 4. The molecule has 24 heavy (non-hydrogen) atoms. The lowest BCUT2D eigenvalue weighted by Crippen LogP contribution is -2.22. The Morgan fingerprint density at radius 3 is 2.46 bits per heavy atom. The van der Waals surface area contributed by atoms with Gasteiger partial charge in [-0.15, -0.1) is 5.10 Å². The molecule has 122 valence electrons. The number of hydrogen-bond donors (Lipinski definition) is 1. The molecule has 1 amide bonds. The Hall–Kier alpha value is -1.66. The number of amides is 1. The molecule has 0 unspecified atom stereocenters. The maximum Gasteiger partial charge on any atom is 0.265 e. The van der Waals surface area contributed by atoms with E-state index in [0.717, 1.165) is 22.7 Å². The highest BCUT2D eigenvalue weighted by Crippen LogP contribution is 2.26. The summed E-state index contributed by atoms with van der Waals surface area (Å²) in [5, 5.41) is 8.53. The number of carbonyl (C=O) groups is 1. The first kappa shape index (κ1) is 17.2. The van der Waals surface area contributed by atoms with Crippen molar-refractivity contribution in [3.05, 3.63) is 68.0 Å². The largest absolute Gasteiger partial charge is 0.347 e. The van der Waals surface area contributed by atoms with Crippen LogP contribution in [0.3, 0.4) is 0 Å². The molecule has 4 nitrogen and oxygen atoms in total. The van der Waals surface area contributed by atoms with Crippen LogP contribution < -0.4 is 5.32 Å². The van der Waals surface area contributed by atoms with Gasteiger partial charge in [-0.25, -0.2) is 0 Å². The second-order valence-electron chi connectivity index (χ2n) is 4.88. The van der Waals surface area contributed by atoms with Crippen molar-refractivity contribution in [2.45, 2.75) is 6.54 Å². The maximum absolute atomic E-state index is 12.4. The lowest BCUT2D eigenvalue weighted by atomic mass is 10.1. The molecule has 1 aromatic heterocycles. The molecule has 3 aromatic rings. The van der Waals surface area contributed by atoms with Crippen LogP contribution in [-0.4, -0.2) is 15.5 Å². The van der Waals surface area contributed by atoms with Crippen LogP contribution in [-0.2, 0) is 6.54 Å². The third-order valence-electron chi connectivity index (χ3n) is 3.27. The molecule has 0 fully saturated rings. The molecule has 0 aliphatic carbocycles. The number of halogens is 3. The molecule has 0 spiro atoms. The Balaban J connectivity index is 1.76. The molecule has 1 heterocycles. The molecule has 3 rings (SSSR count). The number of carbonyl (C=O) groups excluding carboxylic acids is 1. The van der Waals surface area contributed by atoms with Crippen LogP contribution in [0.5, 0.6) is 0 Å². The number of aromatic nitrogens is 2. The highest BCUT2D eigenvalue weighted by molar-refractivity contribution is 7.08. The predicted molar refractivity (Wildman–Crippen MR) is 98.0 cm³/mol. The fraction of sp³-hybridized carbons (Fsp3) is 0.0625. The van der Waals surface area contributed by atoms with Gasteiger partial charge in [0.2, 0.25) is 0 Å². The monoisotopic (exact) mass is 397 g/mol. The van der Waals surface area contributed by atoms with Gasteiger partial charge in [-0.3, -0.25) is 4.79 Å². The molecular weight excluding hydrogens is 389 g/mol. The third-order valence-corrected chi connectivity index (χ3v) is 4.83. The van der Waals surface area contributed by atoms with Crippen LogP contribution in [0.2, 0.25) is 15.1 Å². The molecule has 0 aliphatic heterocycles. The molecule has 0 radical (unpaired) electrons. The van der Waals surface area contributed by atoms with E-state index in [1.165, 1.54) is 0 Å². The molecule has 8 heteroatoms. The summed E-state index contributed by atoms with van der Waals surface area (Å²) in [6.07, 6.45) is 0. The van der Waals surface area contributed by atoms with Crippen molar-refractivity contribution in [2.75, 3.05) is 0 Å². The van der Waals surface area contributed by atoms with E-state index in [1.54, 1.807) is 42.5 Å². The smallest absolute Gasteiger partial charge is 0.265 e. The van der Waals surface area contributed by atoms with E-state index in [2.05, 4.69) is 14.9 Å². The zero-order chi connectivity index (χ0) is 17.1. The average Bonchev–Trinajstić information content (AvgIpc) is 3.04. The van der Waals surface area contributed by atoms with Crippen molar-refractivity contribution in [1.29, 1.82) is 0 Å². The van der Waals surface area contributed by atoms with Crippen LogP contribution in [0.4, 0.5) is 0 Å². The number of nitrogens with zero attached hydrogens (tertiary/aromatic N) is 2. The zero-order valence-corrected chi connectivity index (χ0v) is 15.2. The lowest BCUT2D eigenvalue weighted by Gasteiger charge is -2.07. The average molecular weight is 399 g/mol. The van der Waals surface area contributed by atoms with E-state index in [1.807, 2.05) is 0 Å². The normalized spacial score (nSPS) is 10.6. The zero-order valence-electron chi connectivity index (χ0n) is 12.1. The van der Waals surface area contributed by atoms with Crippen LogP contribution in [0, 0.1) is 0 Å². The lowest BCUT2D eigenvalue weighted by molar-refractivity contribution is 0.0955. The molecule has 2 aromatic carbocycles. The van der Waals surface area contributed by atoms with Gasteiger partial charge in [-0.2, -0.15) is 0 Å². The van der Waals surface area contributed by atoms with Gasteiger partial charge in [-0.1, -0.05) is 57.5 Å². The molecule has 0 saturated heterocycles. The maximum atomic E-state index is 12.4. The summed E-state index contributed by atoms with van der Waals surface area (Å²) in [5.74, 6) is -0.263. The van der Waals surface area contributed by atoms with Crippen LogP contribution >= 0.6 is 46.3 Å². The Kier molecular flexibility index (Phi) is 5.36. The summed E-state index contributed by atoms with van der Waals surface area (Å²) in [6, 6.07) is 12.2. The first-order chi connectivity index (χ1) is 11.5.